The minimum absolute atomic E-state index is 0.205. The number of rotatable bonds is 3. The highest BCUT2D eigenvalue weighted by atomic mass is 35.5. The molecule has 2 N–H and O–H groups in total. The first-order valence-electron chi connectivity index (χ1n) is 5.66. The molecule has 0 fully saturated rings. The molecule has 1 amide bonds. The van der Waals surface area contributed by atoms with Gasteiger partial charge in [0.15, 0.2) is 10.6 Å². The normalized spacial score (nSPS) is 12.2. The maximum absolute atomic E-state index is 12.1. The van der Waals surface area contributed by atoms with E-state index in [0.29, 0.717) is 21.2 Å². The molecule has 19 heavy (non-hydrogen) atoms. The molecule has 0 spiro atoms. The van der Waals surface area contributed by atoms with Crippen molar-refractivity contribution < 1.29 is 4.79 Å². The van der Waals surface area contributed by atoms with Crippen molar-refractivity contribution in [3.63, 3.8) is 0 Å². The lowest BCUT2D eigenvalue weighted by molar-refractivity contribution is 0.0938. The fourth-order valence-electron chi connectivity index (χ4n) is 1.72. The van der Waals surface area contributed by atoms with Gasteiger partial charge in [-0.25, -0.2) is 0 Å². The Morgan fingerprint density at radius 1 is 1.58 bits per heavy atom. The zero-order valence-electron chi connectivity index (χ0n) is 10.5. The summed E-state index contributed by atoms with van der Waals surface area (Å²) in [7, 11) is 1.79. The monoisotopic (exact) mass is 296 g/mol. The Morgan fingerprint density at radius 3 is 2.89 bits per heavy atom. The predicted molar refractivity (Wildman–Crippen MR) is 75.7 cm³/mol. The molecule has 1 atom stereocenters. The van der Waals surface area contributed by atoms with E-state index in [4.69, 9.17) is 23.8 Å². The Balaban J connectivity index is 2.15. The van der Waals surface area contributed by atoms with Crippen molar-refractivity contribution >= 4 is 29.7 Å². The minimum atomic E-state index is -0.260. The van der Waals surface area contributed by atoms with E-state index in [9.17, 15) is 4.79 Å². The third-order valence-corrected chi connectivity index (χ3v) is 3.34. The summed E-state index contributed by atoms with van der Waals surface area (Å²) in [5.41, 5.74) is 0.510. The SMILES string of the molecule is CC(NC(=O)c1cccc(Cl)c1)c1n[nH]c(=S)n1C. The summed E-state index contributed by atoms with van der Waals surface area (Å²) in [5.74, 6) is 0.462. The number of benzene rings is 1. The molecular formula is C12H13ClN4OS. The molecule has 2 rings (SSSR count). The van der Waals surface area contributed by atoms with Crippen molar-refractivity contribution in [1.29, 1.82) is 0 Å². The zero-order chi connectivity index (χ0) is 14.0. The summed E-state index contributed by atoms with van der Waals surface area (Å²) >= 11 is 10.9. The molecule has 1 unspecified atom stereocenters. The van der Waals surface area contributed by atoms with Gasteiger partial charge in [-0.15, -0.1) is 0 Å². The Hall–Kier alpha value is -1.66. The van der Waals surface area contributed by atoms with Crippen LogP contribution in [0.4, 0.5) is 0 Å². The number of hydrogen-bond acceptors (Lipinski definition) is 3. The number of aromatic nitrogens is 3. The molecule has 100 valence electrons. The highest BCUT2D eigenvalue weighted by Crippen LogP contribution is 2.13. The molecule has 5 nitrogen and oxygen atoms in total. The summed E-state index contributed by atoms with van der Waals surface area (Å²) in [6.45, 7) is 1.84. The van der Waals surface area contributed by atoms with E-state index >= 15 is 0 Å². The Labute approximate surface area is 120 Å². The van der Waals surface area contributed by atoms with Gasteiger partial charge < -0.3 is 9.88 Å². The topological polar surface area (TPSA) is 62.7 Å². The van der Waals surface area contributed by atoms with Gasteiger partial charge in [0.2, 0.25) is 0 Å². The maximum atomic E-state index is 12.1. The highest BCUT2D eigenvalue weighted by molar-refractivity contribution is 7.71. The number of hydrogen-bond donors (Lipinski definition) is 2. The average Bonchev–Trinajstić information content (AvgIpc) is 2.70. The standard InChI is InChI=1S/C12H13ClN4OS/c1-7(10-15-16-12(19)17(10)2)14-11(18)8-4-3-5-9(13)6-8/h3-7H,1-2H3,(H,14,18)(H,16,19). The lowest BCUT2D eigenvalue weighted by Gasteiger charge is -2.13. The van der Waals surface area contributed by atoms with Gasteiger partial charge in [0, 0.05) is 17.6 Å². The van der Waals surface area contributed by atoms with Crippen LogP contribution in [0.5, 0.6) is 0 Å². The van der Waals surface area contributed by atoms with Gasteiger partial charge in [0.05, 0.1) is 6.04 Å². The van der Waals surface area contributed by atoms with Gasteiger partial charge in [-0.2, -0.15) is 5.10 Å². The third-order valence-electron chi connectivity index (χ3n) is 2.74. The summed E-state index contributed by atoms with van der Waals surface area (Å²) in [4.78, 5) is 12.1. The molecule has 0 saturated carbocycles. The number of amides is 1. The number of H-pyrrole nitrogens is 1. The van der Waals surface area contributed by atoms with Crippen LogP contribution >= 0.6 is 23.8 Å². The number of nitrogens with one attached hydrogen (secondary N) is 2. The predicted octanol–water partition coefficient (Wildman–Crippen LogP) is 2.62. The van der Waals surface area contributed by atoms with Crippen LogP contribution in [0.25, 0.3) is 0 Å². The molecule has 0 aliphatic heterocycles. The van der Waals surface area contributed by atoms with E-state index in [0.717, 1.165) is 0 Å². The van der Waals surface area contributed by atoms with Crippen molar-refractivity contribution in [2.75, 3.05) is 0 Å². The molecule has 1 heterocycles. The second kappa shape index (κ2) is 5.54. The Kier molecular flexibility index (Phi) is 4.01. The lowest BCUT2D eigenvalue weighted by atomic mass is 10.2. The van der Waals surface area contributed by atoms with Crippen LogP contribution in [-0.2, 0) is 7.05 Å². The molecule has 0 aliphatic carbocycles. The van der Waals surface area contributed by atoms with E-state index in [1.54, 1.807) is 35.9 Å². The largest absolute Gasteiger partial charge is 0.342 e. The Bertz CT molecular complexity index is 664. The van der Waals surface area contributed by atoms with Crippen molar-refractivity contribution in [3.8, 4) is 0 Å². The first-order valence-corrected chi connectivity index (χ1v) is 6.45. The van der Waals surface area contributed by atoms with E-state index in [-0.39, 0.29) is 11.9 Å². The molecular weight excluding hydrogens is 284 g/mol. The van der Waals surface area contributed by atoms with Crippen molar-refractivity contribution in [3.05, 3.63) is 45.4 Å². The van der Waals surface area contributed by atoms with Crippen LogP contribution < -0.4 is 5.32 Å². The average molecular weight is 297 g/mol. The zero-order valence-corrected chi connectivity index (χ0v) is 12.0. The van der Waals surface area contributed by atoms with Gasteiger partial charge in [-0.05, 0) is 37.3 Å². The summed E-state index contributed by atoms with van der Waals surface area (Å²) in [6.07, 6.45) is 0. The van der Waals surface area contributed by atoms with E-state index < -0.39 is 0 Å². The van der Waals surface area contributed by atoms with Gasteiger partial charge >= 0.3 is 0 Å². The van der Waals surface area contributed by atoms with Crippen LogP contribution in [0.1, 0.15) is 29.1 Å². The molecule has 0 saturated heterocycles. The fraction of sp³-hybridized carbons (Fsp3) is 0.250. The number of carbonyl (C=O) groups is 1. The van der Waals surface area contributed by atoms with Crippen LogP contribution in [0.3, 0.4) is 0 Å². The van der Waals surface area contributed by atoms with Gasteiger partial charge in [-0.1, -0.05) is 17.7 Å². The number of halogens is 1. The Morgan fingerprint density at radius 2 is 2.32 bits per heavy atom. The maximum Gasteiger partial charge on any atom is 0.251 e. The van der Waals surface area contributed by atoms with E-state index in [2.05, 4.69) is 15.5 Å². The van der Waals surface area contributed by atoms with Crippen molar-refractivity contribution in [2.45, 2.75) is 13.0 Å². The number of nitrogens with zero attached hydrogens (tertiary/aromatic N) is 2. The highest BCUT2D eigenvalue weighted by Gasteiger charge is 2.15. The van der Waals surface area contributed by atoms with Gasteiger partial charge in [0.25, 0.3) is 5.91 Å². The summed E-state index contributed by atoms with van der Waals surface area (Å²) in [5, 5.41) is 10.1. The van der Waals surface area contributed by atoms with E-state index in [1.165, 1.54) is 0 Å². The second-order valence-electron chi connectivity index (χ2n) is 4.15. The summed E-state index contributed by atoms with van der Waals surface area (Å²) in [6, 6.07) is 6.52. The molecule has 1 aromatic heterocycles. The van der Waals surface area contributed by atoms with Crippen LogP contribution in [0, 0.1) is 4.77 Å². The minimum Gasteiger partial charge on any atom is -0.342 e. The van der Waals surface area contributed by atoms with Gasteiger partial charge in [0.1, 0.15) is 0 Å². The molecule has 2 aromatic rings. The van der Waals surface area contributed by atoms with Gasteiger partial charge in [-0.3, -0.25) is 9.89 Å². The third kappa shape index (κ3) is 3.02. The number of carbonyl (C=O) groups excluding carboxylic acids is 1. The smallest absolute Gasteiger partial charge is 0.251 e. The first-order chi connectivity index (χ1) is 8.99. The van der Waals surface area contributed by atoms with Crippen molar-refractivity contribution in [2.24, 2.45) is 7.05 Å². The van der Waals surface area contributed by atoms with Crippen LogP contribution in [0.15, 0.2) is 24.3 Å². The molecule has 0 bridgehead atoms. The molecule has 1 aromatic carbocycles. The molecule has 0 radical (unpaired) electrons. The fourth-order valence-corrected chi connectivity index (χ4v) is 2.05. The molecule has 0 aliphatic rings. The lowest BCUT2D eigenvalue weighted by Crippen LogP contribution is -2.28. The molecule has 7 heteroatoms. The first kappa shape index (κ1) is 13.8. The van der Waals surface area contributed by atoms with Crippen LogP contribution in [-0.4, -0.2) is 20.7 Å². The second-order valence-corrected chi connectivity index (χ2v) is 4.97. The van der Waals surface area contributed by atoms with E-state index in [1.807, 2.05) is 6.92 Å². The quantitative estimate of drug-likeness (QED) is 0.856. The summed E-state index contributed by atoms with van der Waals surface area (Å²) < 4.78 is 2.23. The number of aromatic amines is 1. The van der Waals surface area contributed by atoms with Crippen LogP contribution in [0.2, 0.25) is 5.02 Å². The van der Waals surface area contributed by atoms with Crippen molar-refractivity contribution in [1.82, 2.24) is 20.1 Å².